The monoisotopic (exact) mass is 254 g/mol. The summed E-state index contributed by atoms with van der Waals surface area (Å²) < 4.78 is 0. The van der Waals surface area contributed by atoms with Crippen molar-refractivity contribution in [1.82, 2.24) is 0 Å². The molecule has 0 unspecified atom stereocenters. The topological polar surface area (TPSA) is 20.2 Å². The SMILES string of the molecule is CCc1ccc(O)cc1-c1cccc(CC)c1CC. The zero-order valence-electron chi connectivity index (χ0n) is 12.0. The minimum absolute atomic E-state index is 0.344. The zero-order valence-corrected chi connectivity index (χ0v) is 12.0. The third kappa shape index (κ3) is 2.65. The van der Waals surface area contributed by atoms with Gasteiger partial charge in [0.05, 0.1) is 0 Å². The quantitative estimate of drug-likeness (QED) is 0.835. The van der Waals surface area contributed by atoms with E-state index in [1.165, 1.54) is 27.8 Å². The number of hydrogen-bond donors (Lipinski definition) is 1. The highest BCUT2D eigenvalue weighted by atomic mass is 16.3. The molecule has 0 atom stereocenters. The average molecular weight is 254 g/mol. The molecule has 0 saturated heterocycles. The van der Waals surface area contributed by atoms with Gasteiger partial charge in [0.1, 0.15) is 5.75 Å². The molecule has 0 aliphatic carbocycles. The summed E-state index contributed by atoms with van der Waals surface area (Å²) in [4.78, 5) is 0. The number of rotatable bonds is 4. The van der Waals surface area contributed by atoms with Gasteiger partial charge in [-0.05, 0) is 59.2 Å². The van der Waals surface area contributed by atoms with Crippen molar-refractivity contribution in [1.29, 1.82) is 0 Å². The van der Waals surface area contributed by atoms with Gasteiger partial charge in [-0.25, -0.2) is 0 Å². The highest BCUT2D eigenvalue weighted by molar-refractivity contribution is 5.73. The Morgan fingerprint density at radius 3 is 2.16 bits per heavy atom. The van der Waals surface area contributed by atoms with E-state index in [4.69, 9.17) is 0 Å². The molecule has 0 bridgehead atoms. The summed E-state index contributed by atoms with van der Waals surface area (Å²) in [5.41, 5.74) is 6.56. The van der Waals surface area contributed by atoms with Crippen LogP contribution in [0.4, 0.5) is 0 Å². The molecule has 2 aromatic carbocycles. The van der Waals surface area contributed by atoms with Gasteiger partial charge in [0.2, 0.25) is 0 Å². The van der Waals surface area contributed by atoms with Crippen molar-refractivity contribution in [3.63, 3.8) is 0 Å². The maximum Gasteiger partial charge on any atom is 0.116 e. The Morgan fingerprint density at radius 2 is 1.53 bits per heavy atom. The Balaban J connectivity index is 2.67. The van der Waals surface area contributed by atoms with Gasteiger partial charge in [0.25, 0.3) is 0 Å². The van der Waals surface area contributed by atoms with Crippen molar-refractivity contribution in [3.05, 3.63) is 53.1 Å². The van der Waals surface area contributed by atoms with E-state index in [1.54, 1.807) is 6.07 Å². The van der Waals surface area contributed by atoms with Crippen LogP contribution < -0.4 is 0 Å². The molecule has 1 N–H and O–H groups in total. The van der Waals surface area contributed by atoms with Gasteiger partial charge in [0, 0.05) is 0 Å². The molecule has 1 heteroatoms. The van der Waals surface area contributed by atoms with Crippen molar-refractivity contribution >= 4 is 0 Å². The van der Waals surface area contributed by atoms with E-state index < -0.39 is 0 Å². The number of benzene rings is 2. The van der Waals surface area contributed by atoms with E-state index in [-0.39, 0.29) is 0 Å². The predicted molar refractivity (Wildman–Crippen MR) is 81.7 cm³/mol. The van der Waals surface area contributed by atoms with E-state index in [2.05, 4.69) is 39.0 Å². The van der Waals surface area contributed by atoms with Crippen molar-refractivity contribution < 1.29 is 5.11 Å². The van der Waals surface area contributed by atoms with Gasteiger partial charge in [-0.1, -0.05) is 45.0 Å². The number of hydrogen-bond acceptors (Lipinski definition) is 1. The Hall–Kier alpha value is -1.76. The molecule has 0 aliphatic heterocycles. The Kier molecular flexibility index (Phi) is 4.26. The predicted octanol–water partition coefficient (Wildman–Crippen LogP) is 4.75. The standard InChI is InChI=1S/C18H22O/c1-4-13-8-7-9-17(16(13)6-3)18-12-15(19)11-10-14(18)5-2/h7-12,19H,4-6H2,1-3H3. The second-order valence-corrected chi connectivity index (χ2v) is 4.85. The van der Waals surface area contributed by atoms with Crippen LogP contribution in [-0.4, -0.2) is 5.11 Å². The van der Waals surface area contributed by atoms with Gasteiger partial charge in [0.15, 0.2) is 0 Å². The molecule has 0 amide bonds. The number of aryl methyl sites for hydroxylation is 2. The molecule has 100 valence electrons. The Morgan fingerprint density at radius 1 is 0.789 bits per heavy atom. The lowest BCUT2D eigenvalue weighted by Crippen LogP contribution is -1.97. The summed E-state index contributed by atoms with van der Waals surface area (Å²) in [6.45, 7) is 6.55. The van der Waals surface area contributed by atoms with Crippen LogP contribution in [0.2, 0.25) is 0 Å². The lowest BCUT2D eigenvalue weighted by molar-refractivity contribution is 0.475. The normalized spacial score (nSPS) is 10.7. The first kappa shape index (κ1) is 13.7. The second kappa shape index (κ2) is 5.92. The van der Waals surface area contributed by atoms with Crippen molar-refractivity contribution in [3.8, 4) is 16.9 Å². The largest absolute Gasteiger partial charge is 0.508 e. The molecular formula is C18H22O. The van der Waals surface area contributed by atoms with Gasteiger partial charge in [-0.15, -0.1) is 0 Å². The molecule has 0 aromatic heterocycles. The summed E-state index contributed by atoms with van der Waals surface area (Å²) in [6.07, 6.45) is 3.06. The first-order valence-corrected chi connectivity index (χ1v) is 7.14. The van der Waals surface area contributed by atoms with E-state index in [0.717, 1.165) is 19.3 Å². The summed E-state index contributed by atoms with van der Waals surface area (Å²) in [6, 6.07) is 12.2. The van der Waals surface area contributed by atoms with E-state index in [9.17, 15) is 5.11 Å². The van der Waals surface area contributed by atoms with Crippen molar-refractivity contribution in [2.75, 3.05) is 0 Å². The summed E-state index contributed by atoms with van der Waals surface area (Å²) in [5.74, 6) is 0.344. The fourth-order valence-electron chi connectivity index (χ4n) is 2.76. The third-order valence-corrected chi connectivity index (χ3v) is 3.77. The maximum absolute atomic E-state index is 9.78. The molecule has 0 spiro atoms. The first-order chi connectivity index (χ1) is 9.21. The summed E-state index contributed by atoms with van der Waals surface area (Å²) in [7, 11) is 0. The highest BCUT2D eigenvalue weighted by Gasteiger charge is 2.11. The number of aromatic hydroxyl groups is 1. The molecule has 0 fully saturated rings. The smallest absolute Gasteiger partial charge is 0.116 e. The van der Waals surface area contributed by atoms with Crippen LogP contribution in [0.15, 0.2) is 36.4 Å². The minimum atomic E-state index is 0.344. The zero-order chi connectivity index (χ0) is 13.8. The van der Waals surface area contributed by atoms with Gasteiger partial charge in [-0.3, -0.25) is 0 Å². The van der Waals surface area contributed by atoms with Crippen LogP contribution in [0.3, 0.4) is 0 Å². The molecule has 1 nitrogen and oxygen atoms in total. The van der Waals surface area contributed by atoms with Gasteiger partial charge >= 0.3 is 0 Å². The fraction of sp³-hybridized carbons (Fsp3) is 0.333. The molecule has 2 aromatic rings. The van der Waals surface area contributed by atoms with Crippen molar-refractivity contribution in [2.24, 2.45) is 0 Å². The number of phenolic OH excluding ortho intramolecular Hbond substituents is 1. The average Bonchev–Trinajstić information content (AvgIpc) is 2.46. The van der Waals surface area contributed by atoms with Crippen LogP contribution in [0.1, 0.15) is 37.5 Å². The van der Waals surface area contributed by atoms with Crippen LogP contribution >= 0.6 is 0 Å². The first-order valence-electron chi connectivity index (χ1n) is 7.14. The molecule has 0 heterocycles. The van der Waals surface area contributed by atoms with E-state index in [1.807, 2.05) is 12.1 Å². The molecular weight excluding hydrogens is 232 g/mol. The van der Waals surface area contributed by atoms with Gasteiger partial charge < -0.3 is 5.11 Å². The van der Waals surface area contributed by atoms with Crippen LogP contribution in [0.25, 0.3) is 11.1 Å². The number of phenols is 1. The van der Waals surface area contributed by atoms with E-state index in [0.29, 0.717) is 5.75 Å². The highest BCUT2D eigenvalue weighted by Crippen LogP contribution is 2.32. The lowest BCUT2D eigenvalue weighted by Gasteiger charge is -2.16. The van der Waals surface area contributed by atoms with Crippen LogP contribution in [-0.2, 0) is 19.3 Å². The summed E-state index contributed by atoms with van der Waals surface area (Å²) in [5, 5.41) is 9.78. The van der Waals surface area contributed by atoms with Crippen molar-refractivity contribution in [2.45, 2.75) is 40.0 Å². The fourth-order valence-corrected chi connectivity index (χ4v) is 2.76. The third-order valence-electron chi connectivity index (χ3n) is 3.77. The summed E-state index contributed by atoms with van der Waals surface area (Å²) >= 11 is 0. The molecule has 0 aliphatic rings. The van der Waals surface area contributed by atoms with E-state index >= 15 is 0 Å². The Bertz CT molecular complexity index is 570. The second-order valence-electron chi connectivity index (χ2n) is 4.85. The molecule has 0 radical (unpaired) electrons. The molecule has 19 heavy (non-hydrogen) atoms. The molecule has 0 saturated carbocycles. The maximum atomic E-state index is 9.78. The molecule has 2 rings (SSSR count). The minimum Gasteiger partial charge on any atom is -0.508 e. The van der Waals surface area contributed by atoms with Crippen LogP contribution in [0.5, 0.6) is 5.75 Å². The Labute approximate surface area is 115 Å². The van der Waals surface area contributed by atoms with Gasteiger partial charge in [-0.2, -0.15) is 0 Å². The van der Waals surface area contributed by atoms with Crippen LogP contribution in [0, 0.1) is 0 Å². The lowest BCUT2D eigenvalue weighted by atomic mass is 9.89.